The highest BCUT2D eigenvalue weighted by Gasteiger charge is 2.23. The van der Waals surface area contributed by atoms with Gasteiger partial charge in [0.1, 0.15) is 0 Å². The molecular weight excluding hydrogens is 486 g/mol. The molecule has 0 amide bonds. The fraction of sp³-hybridized carbons (Fsp3) is 0.108. The molecule has 40 heavy (non-hydrogen) atoms. The summed E-state index contributed by atoms with van der Waals surface area (Å²) >= 11 is 0. The number of hydrogen-bond donors (Lipinski definition) is 0. The minimum absolute atomic E-state index is 0.684. The molecule has 0 fully saturated rings. The lowest BCUT2D eigenvalue weighted by molar-refractivity contribution is 1.08. The Kier molecular flexibility index (Phi) is 5.67. The maximum absolute atomic E-state index is 5.04. The van der Waals surface area contributed by atoms with E-state index < -0.39 is 0 Å². The van der Waals surface area contributed by atoms with E-state index in [-0.39, 0.29) is 0 Å². The van der Waals surface area contributed by atoms with Crippen molar-refractivity contribution in [2.75, 3.05) is 0 Å². The molecule has 0 N–H and O–H groups in total. The molecule has 192 valence electrons. The zero-order valence-corrected chi connectivity index (χ0v) is 23.2. The van der Waals surface area contributed by atoms with Gasteiger partial charge in [-0.2, -0.15) is 0 Å². The number of aromatic nitrogens is 3. The van der Waals surface area contributed by atoms with Gasteiger partial charge in [-0.05, 0) is 63.4 Å². The van der Waals surface area contributed by atoms with Crippen LogP contribution < -0.4 is 0 Å². The van der Waals surface area contributed by atoms with Crippen LogP contribution in [0.3, 0.4) is 0 Å². The summed E-state index contributed by atoms with van der Waals surface area (Å²) in [4.78, 5) is 15.0. The first-order chi connectivity index (χ1) is 19.6. The van der Waals surface area contributed by atoms with Crippen molar-refractivity contribution < 1.29 is 0 Å². The molecule has 3 nitrogen and oxygen atoms in total. The highest BCUT2D eigenvalue weighted by molar-refractivity contribution is 6.34. The predicted octanol–water partition coefficient (Wildman–Crippen LogP) is 9.96. The predicted molar refractivity (Wildman–Crippen MR) is 168 cm³/mol. The number of nitrogens with zero attached hydrogens (tertiary/aromatic N) is 3. The second kappa shape index (κ2) is 9.39. The van der Waals surface area contributed by atoms with Crippen LogP contribution in [0.4, 0.5) is 0 Å². The quantitative estimate of drug-likeness (QED) is 0.220. The molecule has 6 aromatic carbocycles. The topological polar surface area (TPSA) is 38.7 Å². The summed E-state index contributed by atoms with van der Waals surface area (Å²) in [6.45, 7) is 8.18. The van der Waals surface area contributed by atoms with Gasteiger partial charge in [-0.25, -0.2) is 15.0 Å². The molecule has 0 spiro atoms. The Labute approximate surface area is 234 Å². The van der Waals surface area contributed by atoms with Crippen LogP contribution in [0.5, 0.6) is 0 Å². The monoisotopic (exact) mass is 515 g/mol. The maximum Gasteiger partial charge on any atom is 0.164 e. The van der Waals surface area contributed by atoms with E-state index in [4.69, 9.17) is 15.0 Å². The Hall–Kier alpha value is -4.89. The Morgan fingerprint density at radius 3 is 1.52 bits per heavy atom. The second-order valence-electron chi connectivity index (χ2n) is 10.3. The SMILES string of the molecule is CC.Cc1ccc(-c2nc(-c3ccc(C)cc3)nc(-c3ccc4c5c3ccc3ccc6cccc-4c6c35)n2)cc1. The molecule has 1 aliphatic carbocycles. The highest BCUT2D eigenvalue weighted by Crippen LogP contribution is 2.49. The van der Waals surface area contributed by atoms with E-state index in [1.165, 1.54) is 54.6 Å². The Morgan fingerprint density at radius 2 is 0.900 bits per heavy atom. The lowest BCUT2D eigenvalue weighted by Crippen LogP contribution is -2.00. The van der Waals surface area contributed by atoms with Gasteiger partial charge in [-0.1, -0.05) is 122 Å². The van der Waals surface area contributed by atoms with Gasteiger partial charge < -0.3 is 0 Å². The summed E-state index contributed by atoms with van der Waals surface area (Å²) in [6.07, 6.45) is 0. The van der Waals surface area contributed by atoms with Gasteiger partial charge in [0.05, 0.1) is 0 Å². The summed E-state index contributed by atoms with van der Waals surface area (Å²) in [5.74, 6) is 2.06. The fourth-order valence-electron chi connectivity index (χ4n) is 5.84. The average Bonchev–Trinajstić information content (AvgIpc) is 3.35. The molecule has 0 radical (unpaired) electrons. The van der Waals surface area contributed by atoms with Crippen molar-refractivity contribution in [2.24, 2.45) is 0 Å². The van der Waals surface area contributed by atoms with Crippen LogP contribution in [0.15, 0.2) is 103 Å². The summed E-state index contributed by atoms with van der Waals surface area (Å²) in [7, 11) is 0. The van der Waals surface area contributed by atoms with Crippen LogP contribution in [-0.2, 0) is 0 Å². The molecule has 0 atom stereocenters. The normalized spacial score (nSPS) is 11.5. The van der Waals surface area contributed by atoms with Gasteiger partial charge in [-0.15, -0.1) is 0 Å². The summed E-state index contributed by atoms with van der Waals surface area (Å²) in [6, 6.07) is 36.7. The van der Waals surface area contributed by atoms with E-state index >= 15 is 0 Å². The molecule has 0 saturated heterocycles. The number of benzene rings is 6. The van der Waals surface area contributed by atoms with Gasteiger partial charge in [0.25, 0.3) is 0 Å². The Balaban J connectivity index is 0.00000130. The molecule has 3 heteroatoms. The smallest absolute Gasteiger partial charge is 0.164 e. The van der Waals surface area contributed by atoms with Crippen LogP contribution in [-0.4, -0.2) is 15.0 Å². The molecule has 0 saturated carbocycles. The first kappa shape index (κ1) is 24.2. The molecule has 8 rings (SSSR count). The summed E-state index contributed by atoms with van der Waals surface area (Å²) in [5, 5.41) is 7.70. The third-order valence-electron chi connectivity index (χ3n) is 7.79. The third-order valence-corrected chi connectivity index (χ3v) is 7.79. The minimum Gasteiger partial charge on any atom is -0.208 e. The number of aryl methyl sites for hydroxylation is 2. The first-order valence-corrected chi connectivity index (χ1v) is 14.0. The van der Waals surface area contributed by atoms with E-state index in [9.17, 15) is 0 Å². The lowest BCUT2D eigenvalue weighted by Gasteiger charge is -2.12. The highest BCUT2D eigenvalue weighted by atomic mass is 15.0. The molecule has 0 bridgehead atoms. The number of rotatable bonds is 3. The van der Waals surface area contributed by atoms with E-state index in [0.29, 0.717) is 17.5 Å². The molecule has 1 aliphatic rings. The van der Waals surface area contributed by atoms with E-state index in [0.717, 1.165) is 16.7 Å². The van der Waals surface area contributed by atoms with Crippen molar-refractivity contribution in [3.63, 3.8) is 0 Å². The zero-order valence-electron chi connectivity index (χ0n) is 23.2. The standard InChI is InChI=1S/C35H23N3.C2H6/c1-20-6-10-24(11-7-20)33-36-34(25-12-8-21(2)9-13-25)38-35(37-33)29-19-18-27-26-5-3-4-22-14-15-23-16-17-28(29)32(27)31(23)30(22)26;1-2/h3-19H,1-2H3;1-2H3. The van der Waals surface area contributed by atoms with E-state index in [1.807, 2.05) is 13.8 Å². The largest absolute Gasteiger partial charge is 0.208 e. The number of fused-ring (bicyclic) bond motifs is 1. The Morgan fingerprint density at radius 1 is 0.400 bits per heavy atom. The molecule has 7 aromatic rings. The van der Waals surface area contributed by atoms with Crippen LogP contribution in [0, 0.1) is 13.8 Å². The van der Waals surface area contributed by atoms with E-state index in [2.05, 4.69) is 117 Å². The van der Waals surface area contributed by atoms with Crippen molar-refractivity contribution in [2.45, 2.75) is 27.7 Å². The van der Waals surface area contributed by atoms with Crippen LogP contribution >= 0.6 is 0 Å². The minimum atomic E-state index is 0.684. The van der Waals surface area contributed by atoms with Gasteiger partial charge in [-0.3, -0.25) is 0 Å². The maximum atomic E-state index is 5.04. The lowest BCUT2D eigenvalue weighted by atomic mass is 9.97. The van der Waals surface area contributed by atoms with Crippen molar-refractivity contribution in [3.8, 4) is 45.3 Å². The first-order valence-electron chi connectivity index (χ1n) is 14.0. The van der Waals surface area contributed by atoms with Crippen LogP contribution in [0.2, 0.25) is 0 Å². The van der Waals surface area contributed by atoms with E-state index in [1.54, 1.807) is 0 Å². The average molecular weight is 516 g/mol. The van der Waals surface area contributed by atoms with Crippen molar-refractivity contribution in [1.82, 2.24) is 15.0 Å². The van der Waals surface area contributed by atoms with Gasteiger partial charge in [0.15, 0.2) is 17.5 Å². The van der Waals surface area contributed by atoms with Crippen molar-refractivity contribution >= 4 is 32.3 Å². The van der Waals surface area contributed by atoms with Crippen LogP contribution in [0.25, 0.3) is 77.6 Å². The molecule has 1 heterocycles. The van der Waals surface area contributed by atoms with Crippen LogP contribution in [0.1, 0.15) is 25.0 Å². The molecule has 0 unspecified atom stereocenters. The third kappa shape index (κ3) is 3.70. The molecule has 0 aliphatic heterocycles. The van der Waals surface area contributed by atoms with Gasteiger partial charge >= 0.3 is 0 Å². The fourth-order valence-corrected chi connectivity index (χ4v) is 5.84. The number of hydrogen-bond acceptors (Lipinski definition) is 3. The van der Waals surface area contributed by atoms with Gasteiger partial charge in [0, 0.05) is 16.7 Å². The Bertz CT molecular complexity index is 2010. The summed E-state index contributed by atoms with van der Waals surface area (Å²) in [5.41, 5.74) is 8.00. The summed E-state index contributed by atoms with van der Waals surface area (Å²) < 4.78 is 0. The second-order valence-corrected chi connectivity index (χ2v) is 10.3. The van der Waals surface area contributed by atoms with Crippen molar-refractivity contribution in [3.05, 3.63) is 114 Å². The van der Waals surface area contributed by atoms with Gasteiger partial charge in [0.2, 0.25) is 0 Å². The zero-order chi connectivity index (χ0) is 27.4. The molecular formula is C37H29N3. The molecule has 1 aromatic heterocycles. The van der Waals surface area contributed by atoms with Crippen molar-refractivity contribution in [1.29, 1.82) is 0 Å².